The van der Waals surface area contributed by atoms with E-state index < -0.39 is 5.97 Å². The minimum Gasteiger partial charge on any atom is -0.443 e. The average molecular weight is 266 g/mol. The molecule has 0 N–H and O–H groups in total. The molecule has 5 heteroatoms. The molecule has 0 aromatic carbocycles. The van der Waals surface area contributed by atoms with Gasteiger partial charge >= 0.3 is 5.97 Å². The van der Waals surface area contributed by atoms with E-state index >= 15 is 0 Å². The Balaban J connectivity index is 2.64. The van der Waals surface area contributed by atoms with Crippen molar-refractivity contribution in [1.29, 1.82) is 0 Å². The number of esters is 1. The van der Waals surface area contributed by atoms with Crippen LogP contribution in [0.2, 0.25) is 0 Å². The van der Waals surface area contributed by atoms with Crippen molar-refractivity contribution < 1.29 is 14.3 Å². The van der Waals surface area contributed by atoms with Crippen molar-refractivity contribution in [1.82, 2.24) is 9.80 Å². The Morgan fingerprint density at radius 1 is 1.58 bits per heavy atom. The summed E-state index contributed by atoms with van der Waals surface area (Å²) in [5, 5.41) is 0. The highest BCUT2D eigenvalue weighted by Crippen LogP contribution is 2.20. The highest BCUT2D eigenvalue weighted by atomic mass is 16.6. The van der Waals surface area contributed by atoms with Crippen molar-refractivity contribution >= 4 is 11.9 Å². The average Bonchev–Trinajstić information content (AvgIpc) is 2.70. The lowest BCUT2D eigenvalue weighted by molar-refractivity contribution is -0.150. The fourth-order valence-corrected chi connectivity index (χ4v) is 1.71. The number of carbonyl (C=O) groups excluding carboxylic acids is 2. The zero-order valence-corrected chi connectivity index (χ0v) is 12.0. The highest BCUT2D eigenvalue weighted by molar-refractivity contribution is 5.90. The zero-order valence-electron chi connectivity index (χ0n) is 12.0. The highest BCUT2D eigenvalue weighted by Gasteiger charge is 2.28. The van der Waals surface area contributed by atoms with E-state index in [2.05, 4.69) is 6.58 Å². The second kappa shape index (κ2) is 6.52. The van der Waals surface area contributed by atoms with E-state index in [9.17, 15) is 9.59 Å². The molecule has 5 nitrogen and oxygen atoms in total. The van der Waals surface area contributed by atoms with Crippen LogP contribution in [0.4, 0.5) is 0 Å². The summed E-state index contributed by atoms with van der Waals surface area (Å²) in [5.74, 6) is -0.556. The van der Waals surface area contributed by atoms with Crippen LogP contribution in [0.5, 0.6) is 0 Å². The second-order valence-corrected chi connectivity index (χ2v) is 4.94. The molecule has 1 aliphatic rings. The van der Waals surface area contributed by atoms with Gasteiger partial charge in [-0.1, -0.05) is 6.08 Å². The van der Waals surface area contributed by atoms with Gasteiger partial charge < -0.3 is 9.64 Å². The van der Waals surface area contributed by atoms with Crippen LogP contribution >= 0.6 is 0 Å². The van der Waals surface area contributed by atoms with Crippen molar-refractivity contribution in [3.8, 4) is 0 Å². The van der Waals surface area contributed by atoms with E-state index in [1.165, 1.54) is 0 Å². The minimum absolute atomic E-state index is 0.0113. The first-order valence-corrected chi connectivity index (χ1v) is 6.35. The van der Waals surface area contributed by atoms with Crippen LogP contribution in [0.1, 0.15) is 20.3 Å². The smallest absolute Gasteiger partial charge is 0.336 e. The number of nitrogens with zero attached hydrogens (tertiary/aromatic N) is 2. The van der Waals surface area contributed by atoms with Gasteiger partial charge in [0.05, 0.1) is 11.5 Å². The van der Waals surface area contributed by atoms with E-state index in [0.717, 1.165) is 6.42 Å². The van der Waals surface area contributed by atoms with Crippen molar-refractivity contribution in [2.24, 2.45) is 5.92 Å². The first-order chi connectivity index (χ1) is 8.86. The quantitative estimate of drug-likeness (QED) is 0.326. The maximum Gasteiger partial charge on any atom is 0.336 e. The molecule has 1 rings (SSSR count). The lowest BCUT2D eigenvalue weighted by Crippen LogP contribution is -2.30. The van der Waals surface area contributed by atoms with E-state index in [4.69, 9.17) is 4.74 Å². The summed E-state index contributed by atoms with van der Waals surface area (Å²) in [4.78, 5) is 27.1. The van der Waals surface area contributed by atoms with Crippen molar-refractivity contribution in [3.63, 3.8) is 0 Å². The summed E-state index contributed by atoms with van der Waals surface area (Å²) >= 11 is 0. The minimum atomic E-state index is -0.406. The number of rotatable bonds is 5. The van der Waals surface area contributed by atoms with Gasteiger partial charge in [-0.05, 0) is 34.4 Å². The molecule has 0 bridgehead atoms. The molecule has 106 valence electrons. The van der Waals surface area contributed by atoms with E-state index in [1.807, 2.05) is 14.1 Å². The van der Waals surface area contributed by atoms with Gasteiger partial charge in [-0.2, -0.15) is 0 Å². The number of hydrogen-bond donors (Lipinski definition) is 0. The SMILES string of the molecule is C=CC1CCN(/C=C(\C)C(=O)OC(C)N(C)C)C1=O. The molecule has 0 aromatic heterocycles. The standard InChI is InChI=1S/C14H22N2O3/c1-6-12-7-8-16(13(12)17)9-10(2)14(18)19-11(3)15(4)5/h6,9,11-12H,1,7-8H2,2-5H3/b10-9+. The Kier molecular flexibility index (Phi) is 5.30. The summed E-state index contributed by atoms with van der Waals surface area (Å²) in [6.07, 6.45) is 3.66. The molecule has 0 spiro atoms. The molecule has 2 atom stereocenters. The van der Waals surface area contributed by atoms with Gasteiger partial charge in [0, 0.05) is 12.7 Å². The lowest BCUT2D eigenvalue weighted by Gasteiger charge is -2.20. The summed E-state index contributed by atoms with van der Waals surface area (Å²) in [7, 11) is 3.66. The lowest BCUT2D eigenvalue weighted by atomic mass is 10.1. The zero-order chi connectivity index (χ0) is 14.6. The van der Waals surface area contributed by atoms with Crippen molar-refractivity contribution in [3.05, 3.63) is 24.4 Å². The van der Waals surface area contributed by atoms with Gasteiger partial charge in [-0.3, -0.25) is 9.69 Å². The van der Waals surface area contributed by atoms with Crippen LogP contribution in [-0.4, -0.2) is 48.5 Å². The Morgan fingerprint density at radius 2 is 2.21 bits per heavy atom. The maximum atomic E-state index is 11.9. The number of hydrogen-bond acceptors (Lipinski definition) is 4. The predicted molar refractivity (Wildman–Crippen MR) is 73.0 cm³/mol. The summed E-state index contributed by atoms with van der Waals surface area (Å²) in [5.41, 5.74) is 0.423. The Morgan fingerprint density at radius 3 is 2.68 bits per heavy atom. The van der Waals surface area contributed by atoms with E-state index in [-0.39, 0.29) is 18.1 Å². The van der Waals surface area contributed by atoms with Crippen LogP contribution in [-0.2, 0) is 14.3 Å². The fraction of sp³-hybridized carbons (Fsp3) is 0.571. The largest absolute Gasteiger partial charge is 0.443 e. The third-order valence-electron chi connectivity index (χ3n) is 3.24. The summed E-state index contributed by atoms with van der Waals surface area (Å²) < 4.78 is 5.23. The predicted octanol–water partition coefficient (Wildman–Crippen LogP) is 1.38. The molecule has 0 aromatic rings. The van der Waals surface area contributed by atoms with Crippen LogP contribution in [0.3, 0.4) is 0 Å². The van der Waals surface area contributed by atoms with Gasteiger partial charge in [0.25, 0.3) is 0 Å². The monoisotopic (exact) mass is 266 g/mol. The molecule has 0 saturated carbocycles. The Labute approximate surface area is 114 Å². The van der Waals surface area contributed by atoms with E-state index in [0.29, 0.717) is 12.1 Å². The van der Waals surface area contributed by atoms with Crippen LogP contribution < -0.4 is 0 Å². The number of amides is 1. The topological polar surface area (TPSA) is 49.9 Å². The molecule has 1 fully saturated rings. The van der Waals surface area contributed by atoms with Gasteiger partial charge in [0.2, 0.25) is 5.91 Å². The first-order valence-electron chi connectivity index (χ1n) is 6.35. The molecule has 0 aliphatic carbocycles. The normalized spacial score (nSPS) is 21.7. The molecule has 1 saturated heterocycles. The maximum absolute atomic E-state index is 11.9. The Bertz CT molecular complexity index is 401. The fourth-order valence-electron chi connectivity index (χ4n) is 1.71. The van der Waals surface area contributed by atoms with Gasteiger partial charge in [0.1, 0.15) is 0 Å². The Hall–Kier alpha value is -1.62. The molecular weight excluding hydrogens is 244 g/mol. The molecule has 19 heavy (non-hydrogen) atoms. The molecule has 1 amide bonds. The first kappa shape index (κ1) is 15.4. The molecule has 0 radical (unpaired) electrons. The molecule has 1 aliphatic heterocycles. The van der Waals surface area contributed by atoms with Crippen LogP contribution in [0.15, 0.2) is 24.4 Å². The number of ether oxygens (including phenoxy) is 1. The third kappa shape index (κ3) is 3.92. The summed E-state index contributed by atoms with van der Waals surface area (Å²) in [6, 6.07) is 0. The van der Waals surface area contributed by atoms with Crippen molar-refractivity contribution in [2.75, 3.05) is 20.6 Å². The summed E-state index contributed by atoms with van der Waals surface area (Å²) in [6.45, 7) is 7.69. The van der Waals surface area contributed by atoms with Crippen molar-refractivity contribution in [2.45, 2.75) is 26.5 Å². The van der Waals surface area contributed by atoms with Crippen LogP contribution in [0.25, 0.3) is 0 Å². The third-order valence-corrected chi connectivity index (χ3v) is 3.24. The molecule has 2 unspecified atom stereocenters. The van der Waals surface area contributed by atoms with Gasteiger partial charge in [-0.25, -0.2) is 4.79 Å². The van der Waals surface area contributed by atoms with Gasteiger partial charge in [0.15, 0.2) is 6.23 Å². The van der Waals surface area contributed by atoms with Gasteiger partial charge in [-0.15, -0.1) is 6.58 Å². The number of likely N-dealkylation sites (tertiary alicyclic amines) is 1. The second-order valence-electron chi connectivity index (χ2n) is 4.94. The molecule has 1 heterocycles. The van der Waals surface area contributed by atoms with E-state index in [1.54, 1.807) is 35.9 Å². The number of carbonyl (C=O) groups is 2. The van der Waals surface area contributed by atoms with Crippen LogP contribution in [0, 0.1) is 5.92 Å². The molecular formula is C14H22N2O3.